The third-order valence-electron chi connectivity index (χ3n) is 5.08. The zero-order valence-corrected chi connectivity index (χ0v) is 17.2. The summed E-state index contributed by atoms with van der Waals surface area (Å²) < 4.78 is 26.8. The maximum Gasteiger partial charge on any atom is 0.351 e. The molecule has 0 spiro atoms. The van der Waals surface area contributed by atoms with E-state index in [-0.39, 0.29) is 11.4 Å². The molecule has 1 fully saturated rings. The summed E-state index contributed by atoms with van der Waals surface area (Å²) in [6.45, 7) is -0.628. The van der Waals surface area contributed by atoms with Gasteiger partial charge in [0.25, 0.3) is 5.91 Å². The molecule has 0 aliphatic carbocycles. The summed E-state index contributed by atoms with van der Waals surface area (Å²) in [7, 11) is 0. The molecule has 1 aliphatic rings. The first-order valence-corrected chi connectivity index (χ1v) is 10.1. The van der Waals surface area contributed by atoms with E-state index in [1.54, 1.807) is 48.5 Å². The lowest BCUT2D eigenvalue weighted by Crippen LogP contribution is -2.37. The maximum absolute atomic E-state index is 15.2. The van der Waals surface area contributed by atoms with Crippen molar-refractivity contribution >= 4 is 17.7 Å². The number of nitrogens with one attached hydrogen (secondary N) is 1. The highest BCUT2D eigenvalue weighted by atomic mass is 19.1. The van der Waals surface area contributed by atoms with Crippen molar-refractivity contribution in [3.63, 3.8) is 0 Å². The second-order valence-electron chi connectivity index (χ2n) is 7.25. The molecule has 2 heterocycles. The summed E-state index contributed by atoms with van der Waals surface area (Å²) in [5.74, 6) is -1.27. The van der Waals surface area contributed by atoms with Crippen molar-refractivity contribution in [3.05, 3.63) is 94.5 Å². The molecule has 10 heteroatoms. The van der Waals surface area contributed by atoms with Gasteiger partial charge in [-0.2, -0.15) is 4.98 Å². The fourth-order valence-corrected chi connectivity index (χ4v) is 3.43. The van der Waals surface area contributed by atoms with Crippen LogP contribution >= 0.6 is 0 Å². The molecule has 0 bridgehead atoms. The van der Waals surface area contributed by atoms with E-state index < -0.39 is 48.8 Å². The van der Waals surface area contributed by atoms with Gasteiger partial charge in [0, 0.05) is 11.8 Å². The number of aliphatic hydroxyl groups is 1. The van der Waals surface area contributed by atoms with Crippen molar-refractivity contribution in [2.75, 3.05) is 11.9 Å². The van der Waals surface area contributed by atoms with E-state index in [4.69, 9.17) is 9.47 Å². The van der Waals surface area contributed by atoms with Crippen LogP contribution in [0.5, 0.6) is 0 Å². The van der Waals surface area contributed by atoms with E-state index in [9.17, 15) is 19.5 Å². The maximum atomic E-state index is 15.2. The van der Waals surface area contributed by atoms with E-state index in [2.05, 4.69) is 10.3 Å². The Kier molecular flexibility index (Phi) is 6.57. The van der Waals surface area contributed by atoms with Gasteiger partial charge in [0.05, 0.1) is 12.2 Å². The van der Waals surface area contributed by atoms with Crippen LogP contribution in [0.4, 0.5) is 10.2 Å². The van der Waals surface area contributed by atoms with Crippen LogP contribution in [0.1, 0.15) is 26.9 Å². The van der Waals surface area contributed by atoms with Gasteiger partial charge in [0.15, 0.2) is 18.5 Å². The summed E-state index contributed by atoms with van der Waals surface area (Å²) in [4.78, 5) is 40.9. The molecule has 2 N–H and O–H groups in total. The first kappa shape index (κ1) is 22.3. The quantitative estimate of drug-likeness (QED) is 0.548. The van der Waals surface area contributed by atoms with E-state index >= 15 is 4.39 Å². The van der Waals surface area contributed by atoms with Crippen LogP contribution in [-0.2, 0) is 9.47 Å². The molecule has 1 amide bonds. The number of carbonyl (C=O) groups excluding carboxylic acids is 2. The van der Waals surface area contributed by atoms with Crippen LogP contribution in [0.25, 0.3) is 0 Å². The molecule has 1 aliphatic heterocycles. The van der Waals surface area contributed by atoms with Crippen molar-refractivity contribution in [2.24, 2.45) is 0 Å². The Hall–Kier alpha value is -3.89. The fourth-order valence-electron chi connectivity index (χ4n) is 3.43. The summed E-state index contributed by atoms with van der Waals surface area (Å²) >= 11 is 0. The molecule has 0 saturated carbocycles. The molecule has 4 rings (SSSR count). The van der Waals surface area contributed by atoms with Crippen molar-refractivity contribution in [1.29, 1.82) is 0 Å². The molecular weight excluding hydrogens is 433 g/mol. The van der Waals surface area contributed by atoms with Crippen LogP contribution in [0.3, 0.4) is 0 Å². The Bertz CT molecular complexity index is 1190. The van der Waals surface area contributed by atoms with Crippen LogP contribution in [0, 0.1) is 0 Å². The number of aliphatic hydroxyl groups excluding tert-OH is 1. The molecule has 0 radical (unpaired) electrons. The normalized spacial score (nSPS) is 22.0. The Morgan fingerprint density at radius 1 is 1.06 bits per heavy atom. The van der Waals surface area contributed by atoms with Crippen molar-refractivity contribution in [3.8, 4) is 0 Å². The van der Waals surface area contributed by atoms with Gasteiger partial charge in [0.2, 0.25) is 0 Å². The highest BCUT2D eigenvalue weighted by Crippen LogP contribution is 2.33. The molecule has 0 unspecified atom stereocenters. The number of aromatic nitrogens is 2. The summed E-state index contributed by atoms with van der Waals surface area (Å²) in [5, 5.41) is 12.1. The molecule has 9 nitrogen and oxygen atoms in total. The molecule has 4 atom stereocenters. The van der Waals surface area contributed by atoms with Gasteiger partial charge in [0.1, 0.15) is 11.9 Å². The van der Waals surface area contributed by atoms with E-state index in [1.807, 2.05) is 0 Å². The number of benzene rings is 2. The fraction of sp³-hybridized carbons (Fsp3) is 0.217. The van der Waals surface area contributed by atoms with Crippen LogP contribution in [0.2, 0.25) is 0 Å². The van der Waals surface area contributed by atoms with Gasteiger partial charge in [-0.1, -0.05) is 36.4 Å². The Labute approximate surface area is 187 Å². The van der Waals surface area contributed by atoms with Gasteiger partial charge in [-0.05, 0) is 30.3 Å². The lowest BCUT2D eigenvalue weighted by Gasteiger charge is -2.18. The first-order chi connectivity index (χ1) is 16.0. The third-order valence-corrected chi connectivity index (χ3v) is 5.08. The zero-order chi connectivity index (χ0) is 23.4. The predicted molar refractivity (Wildman–Crippen MR) is 114 cm³/mol. The Morgan fingerprint density at radius 2 is 1.70 bits per heavy atom. The largest absolute Gasteiger partial charge is 0.453 e. The number of hydrogen-bond acceptors (Lipinski definition) is 7. The molecule has 1 aromatic heterocycles. The second kappa shape index (κ2) is 9.72. The average molecular weight is 453 g/mol. The van der Waals surface area contributed by atoms with Gasteiger partial charge < -0.3 is 19.9 Å². The minimum Gasteiger partial charge on any atom is -0.453 e. The third kappa shape index (κ3) is 4.81. The average Bonchev–Trinajstić information content (AvgIpc) is 3.15. The number of ether oxygens (including phenoxy) is 2. The lowest BCUT2D eigenvalue weighted by molar-refractivity contribution is -0.0533. The summed E-state index contributed by atoms with van der Waals surface area (Å²) in [6.07, 6.45) is -4.82. The monoisotopic (exact) mass is 453 g/mol. The molecule has 33 heavy (non-hydrogen) atoms. The van der Waals surface area contributed by atoms with Crippen molar-refractivity contribution in [2.45, 2.75) is 24.6 Å². The highest BCUT2D eigenvalue weighted by molar-refractivity contribution is 6.03. The predicted octanol–water partition coefficient (Wildman–Crippen LogP) is 1.95. The van der Waals surface area contributed by atoms with Gasteiger partial charge in [-0.15, -0.1) is 0 Å². The molecule has 3 aromatic rings. The number of anilines is 1. The van der Waals surface area contributed by atoms with E-state index in [1.165, 1.54) is 24.4 Å². The highest BCUT2D eigenvalue weighted by Gasteiger charge is 2.48. The Morgan fingerprint density at radius 3 is 2.30 bits per heavy atom. The zero-order valence-electron chi connectivity index (χ0n) is 17.2. The first-order valence-electron chi connectivity index (χ1n) is 10.1. The van der Waals surface area contributed by atoms with E-state index in [0.717, 1.165) is 4.57 Å². The lowest BCUT2D eigenvalue weighted by atomic mass is 10.1. The number of halogens is 1. The molecule has 1 saturated heterocycles. The SMILES string of the molecule is O=C(Nc1ccn([C@@H]2O[C@H](CO)[C@@H](OC(=O)c3ccccc3)[C@@H]2F)c(=O)n1)c1ccccc1. The number of rotatable bonds is 6. The Balaban J connectivity index is 1.49. The van der Waals surface area contributed by atoms with Gasteiger partial charge in [-0.3, -0.25) is 9.36 Å². The minimum absolute atomic E-state index is 0.0238. The van der Waals surface area contributed by atoms with Crippen molar-refractivity contribution in [1.82, 2.24) is 9.55 Å². The van der Waals surface area contributed by atoms with Crippen molar-refractivity contribution < 1.29 is 28.6 Å². The summed E-state index contributed by atoms with van der Waals surface area (Å²) in [5.41, 5.74) is -0.303. The number of nitrogens with zero attached hydrogens (tertiary/aromatic N) is 2. The van der Waals surface area contributed by atoms with Crippen LogP contribution in [-0.4, -0.2) is 51.5 Å². The number of carbonyl (C=O) groups is 2. The minimum atomic E-state index is -1.95. The van der Waals surface area contributed by atoms with Crippen LogP contribution in [0.15, 0.2) is 77.7 Å². The van der Waals surface area contributed by atoms with E-state index in [0.29, 0.717) is 5.56 Å². The molecular formula is C23H20FN3O6. The van der Waals surface area contributed by atoms with Gasteiger partial charge >= 0.3 is 11.7 Å². The second-order valence-corrected chi connectivity index (χ2v) is 7.25. The summed E-state index contributed by atoms with van der Waals surface area (Å²) in [6, 6.07) is 17.6. The van der Waals surface area contributed by atoms with Crippen LogP contribution < -0.4 is 11.0 Å². The smallest absolute Gasteiger partial charge is 0.351 e. The standard InChI is InChI=1S/C23H20FN3O6/c24-18-19(33-22(30)15-9-5-2-6-10-15)16(13-28)32-21(18)27-12-11-17(26-23(27)31)25-20(29)14-7-3-1-4-8-14/h1-12,16,18-19,21,28H,13H2,(H,25,26,29,31)/t16-,18+,19-,21-/m1/s1. The molecule has 170 valence electrons. The number of esters is 1. The number of amides is 1. The topological polar surface area (TPSA) is 120 Å². The number of alkyl halides is 1. The number of hydrogen-bond donors (Lipinski definition) is 2. The molecule has 2 aromatic carbocycles. The van der Waals surface area contributed by atoms with Gasteiger partial charge in [-0.25, -0.2) is 14.0 Å².